The highest BCUT2D eigenvalue weighted by molar-refractivity contribution is 7.90. The lowest BCUT2D eigenvalue weighted by Gasteiger charge is -2.32. The van der Waals surface area contributed by atoms with E-state index in [0.29, 0.717) is 32.8 Å². The van der Waals surface area contributed by atoms with Gasteiger partial charge in [-0.05, 0) is 6.42 Å². The second-order valence-electron chi connectivity index (χ2n) is 5.92. The van der Waals surface area contributed by atoms with E-state index in [1.54, 1.807) is 9.80 Å². The van der Waals surface area contributed by atoms with Gasteiger partial charge in [0.1, 0.15) is 4.75 Å². The van der Waals surface area contributed by atoms with Crippen molar-refractivity contribution in [2.75, 3.05) is 53.0 Å². The van der Waals surface area contributed by atoms with Crippen molar-refractivity contribution >= 4 is 16.1 Å². The molecule has 0 aromatic carbocycles. The molecule has 3 rings (SSSR count). The van der Waals surface area contributed by atoms with Crippen LogP contribution in [0.5, 0.6) is 0 Å². The van der Waals surface area contributed by atoms with Crippen LogP contribution in [0.25, 0.3) is 0 Å². The number of nitrogens with zero attached hydrogens (tertiary/aromatic N) is 3. The summed E-state index contributed by atoms with van der Waals surface area (Å²) in [4.78, 5) is 15.7. The van der Waals surface area contributed by atoms with E-state index >= 15 is 0 Å². The molecule has 0 radical (unpaired) electrons. The predicted molar refractivity (Wildman–Crippen MR) is 74.3 cm³/mol. The molecule has 0 bridgehead atoms. The number of aliphatic hydroxyl groups excluding tert-OH is 1. The van der Waals surface area contributed by atoms with E-state index in [1.165, 1.54) is 11.4 Å². The normalized spacial score (nSPS) is 36.6. The molecule has 0 saturated carbocycles. The fourth-order valence-corrected chi connectivity index (χ4v) is 5.44. The first-order chi connectivity index (χ1) is 9.88. The molecule has 21 heavy (non-hydrogen) atoms. The van der Waals surface area contributed by atoms with Gasteiger partial charge in [-0.15, -0.1) is 0 Å². The molecule has 0 unspecified atom stereocenters. The Bertz CT molecular complexity index is 533. The molecule has 0 aliphatic carbocycles. The first-order valence-electron chi connectivity index (χ1n) is 7.14. The Morgan fingerprint density at radius 3 is 2.48 bits per heavy atom. The Labute approximate surface area is 124 Å². The van der Waals surface area contributed by atoms with Crippen molar-refractivity contribution in [3.63, 3.8) is 0 Å². The topological polar surface area (TPSA) is 90.4 Å². The molecule has 3 aliphatic rings. The molecule has 1 N–H and O–H groups in total. The van der Waals surface area contributed by atoms with Gasteiger partial charge in [-0.25, -0.2) is 17.5 Å². The lowest BCUT2D eigenvalue weighted by molar-refractivity contribution is 0.0444. The van der Waals surface area contributed by atoms with Crippen molar-refractivity contribution in [1.82, 2.24) is 14.1 Å². The van der Waals surface area contributed by atoms with Gasteiger partial charge in [-0.2, -0.15) is 0 Å². The maximum atomic E-state index is 12.5. The predicted octanol–water partition coefficient (Wildman–Crippen LogP) is -1.48. The molecular weight excluding hydrogens is 298 g/mol. The molecular formula is C12H21N3O5S. The number of ether oxygens (including phenoxy) is 1. The van der Waals surface area contributed by atoms with Crippen molar-refractivity contribution in [1.29, 1.82) is 0 Å². The molecule has 120 valence electrons. The smallest absolute Gasteiger partial charge is 0.320 e. The van der Waals surface area contributed by atoms with E-state index in [1.807, 2.05) is 0 Å². The van der Waals surface area contributed by atoms with Gasteiger partial charge in [0.25, 0.3) is 0 Å². The van der Waals surface area contributed by atoms with Crippen LogP contribution >= 0.6 is 0 Å². The summed E-state index contributed by atoms with van der Waals surface area (Å²) >= 11 is 0. The number of β-amino-alcohol motifs (C(OH)–C–C–N with tert-alkyl or cyclic N) is 1. The second kappa shape index (κ2) is 5.08. The number of hydrogen-bond acceptors (Lipinski definition) is 5. The zero-order valence-electron chi connectivity index (χ0n) is 12.1. The monoisotopic (exact) mass is 319 g/mol. The zero-order chi connectivity index (χ0) is 15.3. The lowest BCUT2D eigenvalue weighted by Crippen LogP contribution is -2.51. The molecule has 2 amide bonds. The number of likely N-dealkylation sites (N-methyl/N-ethyl adjacent to an activating group) is 1. The molecule has 0 aromatic rings. The summed E-state index contributed by atoms with van der Waals surface area (Å²) < 4.78 is 30.1. The number of morpholine rings is 1. The Morgan fingerprint density at radius 1 is 1.24 bits per heavy atom. The maximum Gasteiger partial charge on any atom is 0.320 e. The highest BCUT2D eigenvalue weighted by atomic mass is 32.2. The summed E-state index contributed by atoms with van der Waals surface area (Å²) in [6.45, 7) is 2.59. The van der Waals surface area contributed by atoms with Crippen LogP contribution in [0.2, 0.25) is 0 Å². The summed E-state index contributed by atoms with van der Waals surface area (Å²) in [5, 5.41) is 10.2. The van der Waals surface area contributed by atoms with E-state index in [-0.39, 0.29) is 25.5 Å². The number of sulfonamides is 1. The van der Waals surface area contributed by atoms with Crippen molar-refractivity contribution in [3.05, 3.63) is 0 Å². The Morgan fingerprint density at radius 2 is 1.90 bits per heavy atom. The minimum Gasteiger partial charge on any atom is -0.390 e. The van der Waals surface area contributed by atoms with E-state index in [4.69, 9.17) is 4.74 Å². The number of carbonyl (C=O) groups excluding carboxylic acids is 1. The molecule has 3 saturated heterocycles. The minimum absolute atomic E-state index is 0.0665. The van der Waals surface area contributed by atoms with Crippen molar-refractivity contribution in [2.24, 2.45) is 0 Å². The number of likely N-dealkylation sites (tertiary alicyclic amines) is 1. The zero-order valence-corrected chi connectivity index (χ0v) is 12.9. The maximum absolute atomic E-state index is 12.5. The molecule has 9 heteroatoms. The Hall–Kier alpha value is -0.900. The highest BCUT2D eigenvalue weighted by Gasteiger charge is 2.61. The van der Waals surface area contributed by atoms with Crippen LogP contribution in [0.4, 0.5) is 4.79 Å². The number of aliphatic hydroxyl groups is 1. The van der Waals surface area contributed by atoms with Gasteiger partial charge in [0.15, 0.2) is 0 Å². The molecule has 0 aromatic heterocycles. The van der Waals surface area contributed by atoms with Gasteiger partial charge >= 0.3 is 6.03 Å². The molecule has 8 nitrogen and oxygen atoms in total. The first-order valence-corrected chi connectivity index (χ1v) is 8.58. The summed E-state index contributed by atoms with van der Waals surface area (Å²) in [6, 6.07) is -0.160. The third kappa shape index (κ3) is 2.14. The summed E-state index contributed by atoms with van der Waals surface area (Å²) in [6.07, 6.45) is -0.660. The fraction of sp³-hybridized carbons (Fsp3) is 0.917. The van der Waals surface area contributed by atoms with Gasteiger partial charge in [0, 0.05) is 39.8 Å². The van der Waals surface area contributed by atoms with Crippen LogP contribution < -0.4 is 0 Å². The van der Waals surface area contributed by atoms with Crippen LogP contribution in [-0.2, 0) is 14.8 Å². The van der Waals surface area contributed by atoms with E-state index in [2.05, 4.69) is 0 Å². The van der Waals surface area contributed by atoms with Crippen LogP contribution in [0, 0.1) is 0 Å². The number of amides is 2. The van der Waals surface area contributed by atoms with Gasteiger partial charge < -0.3 is 19.6 Å². The summed E-state index contributed by atoms with van der Waals surface area (Å²) in [7, 11) is -2.09. The fourth-order valence-electron chi connectivity index (χ4n) is 3.40. The molecule has 3 heterocycles. The summed E-state index contributed by atoms with van der Waals surface area (Å²) in [5.41, 5.74) is 0. The number of carbonyl (C=O) groups is 1. The van der Waals surface area contributed by atoms with Crippen LogP contribution in [0.3, 0.4) is 0 Å². The third-order valence-electron chi connectivity index (χ3n) is 4.78. The van der Waals surface area contributed by atoms with E-state index in [9.17, 15) is 18.3 Å². The van der Waals surface area contributed by atoms with Gasteiger partial charge in [0.05, 0.1) is 19.3 Å². The van der Waals surface area contributed by atoms with E-state index in [0.717, 1.165) is 0 Å². The van der Waals surface area contributed by atoms with Gasteiger partial charge in [-0.1, -0.05) is 0 Å². The number of hydrogen-bond donors (Lipinski definition) is 1. The van der Waals surface area contributed by atoms with Gasteiger partial charge in [0.2, 0.25) is 10.0 Å². The minimum atomic E-state index is -3.57. The number of urea groups is 1. The first kappa shape index (κ1) is 15.0. The second-order valence-corrected chi connectivity index (χ2v) is 8.31. The highest BCUT2D eigenvalue weighted by Crippen LogP contribution is 2.40. The quantitative estimate of drug-likeness (QED) is 0.588. The summed E-state index contributed by atoms with van der Waals surface area (Å²) in [5.74, 6) is 0. The van der Waals surface area contributed by atoms with Crippen molar-refractivity contribution in [2.45, 2.75) is 17.3 Å². The average Bonchev–Trinajstić information content (AvgIpc) is 2.99. The molecule has 2 atom stereocenters. The van der Waals surface area contributed by atoms with Crippen LogP contribution in [-0.4, -0.2) is 97.5 Å². The molecule has 1 spiro atoms. The van der Waals surface area contributed by atoms with E-state index < -0.39 is 20.9 Å². The third-order valence-corrected chi connectivity index (χ3v) is 7.38. The van der Waals surface area contributed by atoms with Crippen LogP contribution in [0.15, 0.2) is 0 Å². The molecule has 3 aliphatic heterocycles. The molecule has 3 fully saturated rings. The Kier molecular flexibility index (Phi) is 3.63. The lowest BCUT2D eigenvalue weighted by atomic mass is 10.0. The number of rotatable bonds is 0. The largest absolute Gasteiger partial charge is 0.390 e. The average molecular weight is 319 g/mol. The van der Waals surface area contributed by atoms with Crippen LogP contribution in [0.1, 0.15) is 6.42 Å². The van der Waals surface area contributed by atoms with Gasteiger partial charge in [-0.3, -0.25) is 0 Å². The SMILES string of the molecule is CN1C[C@@H](O)[C@]2(CCN(C(=O)N3CCOCC3)C2)S1(=O)=O. The van der Waals surface area contributed by atoms with Crippen molar-refractivity contribution in [3.8, 4) is 0 Å². The standard InChI is InChI=1S/C12H21N3O5S/c1-13-8-10(16)12(21(13,18)19)2-3-15(9-12)11(17)14-4-6-20-7-5-14/h10,16H,2-9H2,1H3/t10-,12-/m1/s1. The Balaban J connectivity index is 1.77. The van der Waals surface area contributed by atoms with Crippen molar-refractivity contribution < 1.29 is 23.1 Å².